The molecule has 2 aromatic rings. The van der Waals surface area contributed by atoms with E-state index in [9.17, 15) is 5.26 Å². The SMILES string of the molecule is N#Cc1nc(-c2ccco2)ccc1SC1CCCC1. The van der Waals surface area contributed by atoms with Gasteiger partial charge in [0.1, 0.15) is 11.8 Å². The van der Waals surface area contributed by atoms with Crippen molar-refractivity contribution in [2.45, 2.75) is 35.8 Å². The smallest absolute Gasteiger partial charge is 0.154 e. The van der Waals surface area contributed by atoms with Gasteiger partial charge in [-0.1, -0.05) is 12.8 Å². The minimum atomic E-state index is 0.505. The van der Waals surface area contributed by atoms with Crippen LogP contribution in [-0.2, 0) is 0 Å². The molecule has 1 aliphatic rings. The first-order chi connectivity index (χ1) is 9.36. The molecule has 1 saturated carbocycles. The molecule has 0 aromatic carbocycles. The summed E-state index contributed by atoms with van der Waals surface area (Å²) in [4.78, 5) is 5.39. The zero-order valence-electron chi connectivity index (χ0n) is 10.5. The Hall–Kier alpha value is -1.73. The van der Waals surface area contributed by atoms with Gasteiger partial charge in [-0.15, -0.1) is 11.8 Å². The third-order valence-corrected chi connectivity index (χ3v) is 4.72. The Morgan fingerprint density at radius 3 is 2.79 bits per heavy atom. The van der Waals surface area contributed by atoms with Crippen molar-refractivity contribution in [1.82, 2.24) is 4.98 Å². The second-order valence-electron chi connectivity index (χ2n) is 4.66. The van der Waals surface area contributed by atoms with Crippen molar-refractivity contribution in [3.8, 4) is 17.5 Å². The van der Waals surface area contributed by atoms with E-state index in [1.165, 1.54) is 25.7 Å². The molecule has 0 aliphatic heterocycles. The summed E-state index contributed by atoms with van der Waals surface area (Å²) in [6, 6.07) is 9.80. The molecule has 0 amide bonds. The Labute approximate surface area is 116 Å². The number of pyridine rings is 1. The predicted molar refractivity (Wildman–Crippen MR) is 74.8 cm³/mol. The lowest BCUT2D eigenvalue weighted by molar-refractivity contribution is 0.580. The zero-order chi connectivity index (χ0) is 13.1. The first kappa shape index (κ1) is 12.3. The lowest BCUT2D eigenvalue weighted by Crippen LogP contribution is -1.97. The Kier molecular flexibility index (Phi) is 3.56. The van der Waals surface area contributed by atoms with Gasteiger partial charge in [0, 0.05) is 10.1 Å². The first-order valence-electron chi connectivity index (χ1n) is 6.48. The summed E-state index contributed by atoms with van der Waals surface area (Å²) in [6.07, 6.45) is 6.71. The molecule has 3 nitrogen and oxygen atoms in total. The lowest BCUT2D eigenvalue weighted by Gasteiger charge is -2.10. The normalized spacial score (nSPS) is 15.5. The van der Waals surface area contributed by atoms with Gasteiger partial charge in [0.05, 0.1) is 6.26 Å². The molecular formula is C15H14N2OS. The molecule has 1 fully saturated rings. The number of hydrogen-bond donors (Lipinski definition) is 0. The van der Waals surface area contributed by atoms with Crippen molar-refractivity contribution in [2.24, 2.45) is 0 Å². The number of thioether (sulfide) groups is 1. The number of rotatable bonds is 3. The fourth-order valence-electron chi connectivity index (χ4n) is 2.37. The highest BCUT2D eigenvalue weighted by Gasteiger charge is 2.18. The summed E-state index contributed by atoms with van der Waals surface area (Å²) in [5.41, 5.74) is 1.23. The molecule has 0 bridgehead atoms. The van der Waals surface area contributed by atoms with Crippen LogP contribution in [0.25, 0.3) is 11.5 Å². The highest BCUT2D eigenvalue weighted by Crippen LogP contribution is 2.36. The van der Waals surface area contributed by atoms with Gasteiger partial charge < -0.3 is 4.42 Å². The van der Waals surface area contributed by atoms with Crippen molar-refractivity contribution in [3.63, 3.8) is 0 Å². The van der Waals surface area contributed by atoms with Crippen LogP contribution in [0.2, 0.25) is 0 Å². The average Bonchev–Trinajstić information content (AvgIpc) is 3.12. The maximum Gasteiger partial charge on any atom is 0.154 e. The Morgan fingerprint density at radius 2 is 2.11 bits per heavy atom. The van der Waals surface area contributed by atoms with Crippen LogP contribution in [0.1, 0.15) is 31.4 Å². The summed E-state index contributed by atoms with van der Waals surface area (Å²) in [7, 11) is 0. The number of nitrogens with zero attached hydrogens (tertiary/aromatic N) is 2. The van der Waals surface area contributed by atoms with Gasteiger partial charge in [-0.2, -0.15) is 5.26 Å². The molecule has 2 aromatic heterocycles. The van der Waals surface area contributed by atoms with E-state index in [0.717, 1.165) is 10.6 Å². The van der Waals surface area contributed by atoms with E-state index in [-0.39, 0.29) is 0 Å². The standard InChI is InChI=1S/C15H14N2OS/c16-10-13-15(19-11-4-1-2-5-11)8-7-12(17-13)14-6-3-9-18-14/h3,6-9,11H,1-2,4-5H2. The van der Waals surface area contributed by atoms with Crippen LogP contribution in [0.3, 0.4) is 0 Å². The van der Waals surface area contributed by atoms with E-state index >= 15 is 0 Å². The van der Waals surface area contributed by atoms with E-state index in [2.05, 4.69) is 11.1 Å². The fraction of sp³-hybridized carbons (Fsp3) is 0.333. The van der Waals surface area contributed by atoms with E-state index in [1.807, 2.05) is 24.3 Å². The Balaban J connectivity index is 1.87. The van der Waals surface area contributed by atoms with Gasteiger partial charge in [0.2, 0.25) is 0 Å². The molecule has 0 spiro atoms. The topological polar surface area (TPSA) is 49.8 Å². The monoisotopic (exact) mass is 270 g/mol. The van der Waals surface area contributed by atoms with Crippen LogP contribution >= 0.6 is 11.8 Å². The van der Waals surface area contributed by atoms with Crippen LogP contribution in [0.5, 0.6) is 0 Å². The molecule has 96 valence electrons. The van der Waals surface area contributed by atoms with Crippen molar-refractivity contribution in [2.75, 3.05) is 0 Å². The largest absolute Gasteiger partial charge is 0.463 e. The van der Waals surface area contributed by atoms with Crippen molar-refractivity contribution >= 4 is 11.8 Å². The molecule has 1 aliphatic carbocycles. The average molecular weight is 270 g/mol. The number of furan rings is 1. The van der Waals surface area contributed by atoms with E-state index < -0.39 is 0 Å². The van der Waals surface area contributed by atoms with Crippen LogP contribution in [0.4, 0.5) is 0 Å². The minimum Gasteiger partial charge on any atom is -0.463 e. The van der Waals surface area contributed by atoms with E-state index in [0.29, 0.717) is 16.7 Å². The third-order valence-electron chi connectivity index (χ3n) is 3.33. The van der Waals surface area contributed by atoms with Crippen LogP contribution in [0, 0.1) is 11.3 Å². The van der Waals surface area contributed by atoms with Gasteiger partial charge in [-0.05, 0) is 37.1 Å². The molecule has 3 rings (SSSR count). The summed E-state index contributed by atoms with van der Waals surface area (Å²) >= 11 is 1.79. The first-order valence-corrected chi connectivity index (χ1v) is 7.36. The zero-order valence-corrected chi connectivity index (χ0v) is 11.3. The molecule has 0 atom stereocenters. The van der Waals surface area contributed by atoms with Crippen molar-refractivity contribution in [1.29, 1.82) is 5.26 Å². The summed E-state index contributed by atoms with van der Waals surface area (Å²) in [6.45, 7) is 0. The van der Waals surface area contributed by atoms with Crippen molar-refractivity contribution < 1.29 is 4.42 Å². The molecule has 0 unspecified atom stereocenters. The minimum absolute atomic E-state index is 0.505. The van der Waals surface area contributed by atoms with Gasteiger partial charge in [-0.25, -0.2) is 4.98 Å². The molecule has 2 heterocycles. The molecule has 0 radical (unpaired) electrons. The van der Waals surface area contributed by atoms with E-state index in [1.54, 1.807) is 18.0 Å². The molecule has 19 heavy (non-hydrogen) atoms. The highest BCUT2D eigenvalue weighted by atomic mass is 32.2. The highest BCUT2D eigenvalue weighted by molar-refractivity contribution is 8.00. The maximum absolute atomic E-state index is 9.26. The number of hydrogen-bond acceptors (Lipinski definition) is 4. The molecular weight excluding hydrogens is 256 g/mol. The molecule has 4 heteroatoms. The second-order valence-corrected chi connectivity index (χ2v) is 6.00. The maximum atomic E-state index is 9.26. The van der Waals surface area contributed by atoms with Crippen LogP contribution in [-0.4, -0.2) is 10.2 Å². The second kappa shape index (κ2) is 5.50. The molecule has 0 N–H and O–H groups in total. The van der Waals surface area contributed by atoms with E-state index in [4.69, 9.17) is 4.42 Å². The van der Waals surface area contributed by atoms with Gasteiger partial charge in [-0.3, -0.25) is 0 Å². The molecule has 0 saturated heterocycles. The Morgan fingerprint density at radius 1 is 1.26 bits per heavy atom. The lowest BCUT2D eigenvalue weighted by atomic mass is 10.2. The summed E-state index contributed by atoms with van der Waals surface area (Å²) in [5, 5.41) is 9.90. The third kappa shape index (κ3) is 2.66. The van der Waals surface area contributed by atoms with Crippen LogP contribution < -0.4 is 0 Å². The fourth-order valence-corrected chi connectivity index (χ4v) is 3.65. The van der Waals surface area contributed by atoms with Crippen molar-refractivity contribution in [3.05, 3.63) is 36.2 Å². The predicted octanol–water partition coefficient (Wildman–Crippen LogP) is 4.25. The Bertz CT molecular complexity index is 595. The van der Waals surface area contributed by atoms with Gasteiger partial charge in [0.15, 0.2) is 11.5 Å². The summed E-state index contributed by atoms with van der Waals surface area (Å²) < 4.78 is 5.31. The van der Waals surface area contributed by atoms with Crippen LogP contribution in [0.15, 0.2) is 39.8 Å². The van der Waals surface area contributed by atoms with Gasteiger partial charge in [0.25, 0.3) is 0 Å². The number of nitriles is 1. The summed E-state index contributed by atoms with van der Waals surface area (Å²) in [5.74, 6) is 0.703. The number of aromatic nitrogens is 1. The quantitative estimate of drug-likeness (QED) is 0.836. The van der Waals surface area contributed by atoms with Gasteiger partial charge >= 0.3 is 0 Å².